The summed E-state index contributed by atoms with van der Waals surface area (Å²) in [6.07, 6.45) is 3.85. The molecule has 8 heteroatoms. The Hall–Kier alpha value is -1.22. The first-order valence-corrected chi connectivity index (χ1v) is 8.72. The fourth-order valence-corrected chi connectivity index (χ4v) is 3.32. The van der Waals surface area contributed by atoms with Gasteiger partial charge in [0.25, 0.3) is 0 Å². The Morgan fingerprint density at radius 2 is 2.30 bits per heavy atom. The Kier molecular flexibility index (Phi) is 5.30. The zero-order chi connectivity index (χ0) is 14.4. The largest absolute Gasteiger partial charge is 0.320 e. The second kappa shape index (κ2) is 6.98. The fraction of sp³-hybridized carbons (Fsp3) is 0.417. The molecule has 0 aliphatic rings. The van der Waals surface area contributed by atoms with Gasteiger partial charge in [0.1, 0.15) is 4.90 Å². The Morgan fingerprint density at radius 3 is 3.00 bits per heavy atom. The predicted octanol–water partition coefficient (Wildman–Crippen LogP) is 1.03. The third-order valence-corrected chi connectivity index (χ3v) is 4.87. The quantitative estimate of drug-likeness (QED) is 0.714. The number of thiophene rings is 1. The molecule has 0 aromatic carbocycles. The van der Waals surface area contributed by atoms with Gasteiger partial charge < -0.3 is 5.32 Å². The molecule has 0 saturated carbocycles. The van der Waals surface area contributed by atoms with E-state index in [1.807, 2.05) is 23.9 Å². The summed E-state index contributed by atoms with van der Waals surface area (Å²) in [5.41, 5.74) is 0.958. The highest BCUT2D eigenvalue weighted by atomic mass is 32.2. The van der Waals surface area contributed by atoms with Gasteiger partial charge in [-0.05, 0) is 42.4 Å². The van der Waals surface area contributed by atoms with E-state index in [4.69, 9.17) is 0 Å². The van der Waals surface area contributed by atoms with Gasteiger partial charge in [-0.2, -0.15) is 16.4 Å². The maximum Gasteiger partial charge on any atom is 0.243 e. The molecule has 20 heavy (non-hydrogen) atoms. The molecule has 2 aromatic heterocycles. The van der Waals surface area contributed by atoms with Gasteiger partial charge in [0.2, 0.25) is 10.0 Å². The zero-order valence-corrected chi connectivity index (χ0v) is 12.9. The van der Waals surface area contributed by atoms with Crippen LogP contribution in [0.4, 0.5) is 0 Å². The van der Waals surface area contributed by atoms with Crippen molar-refractivity contribution in [2.45, 2.75) is 24.4 Å². The topological polar surface area (TPSA) is 76.0 Å². The number of aromatic nitrogens is 2. The molecule has 0 spiro atoms. The summed E-state index contributed by atoms with van der Waals surface area (Å²) in [7, 11) is -1.61. The molecule has 6 nitrogen and oxygen atoms in total. The van der Waals surface area contributed by atoms with E-state index in [-0.39, 0.29) is 4.90 Å². The van der Waals surface area contributed by atoms with Crippen LogP contribution in [-0.4, -0.2) is 31.8 Å². The van der Waals surface area contributed by atoms with Crippen molar-refractivity contribution < 1.29 is 8.42 Å². The predicted molar refractivity (Wildman–Crippen MR) is 79.1 cm³/mol. The van der Waals surface area contributed by atoms with E-state index >= 15 is 0 Å². The Balaban J connectivity index is 1.95. The lowest BCUT2D eigenvalue weighted by Crippen LogP contribution is -2.22. The van der Waals surface area contributed by atoms with Crippen LogP contribution in [0.15, 0.2) is 34.1 Å². The van der Waals surface area contributed by atoms with Crippen LogP contribution in [0, 0.1) is 0 Å². The van der Waals surface area contributed by atoms with Gasteiger partial charge in [-0.3, -0.25) is 4.68 Å². The summed E-state index contributed by atoms with van der Waals surface area (Å²) in [5.74, 6) is 0. The van der Waals surface area contributed by atoms with Crippen LogP contribution >= 0.6 is 11.3 Å². The average molecular weight is 314 g/mol. The number of rotatable bonds is 8. The van der Waals surface area contributed by atoms with Crippen molar-refractivity contribution >= 4 is 21.4 Å². The molecule has 0 fully saturated rings. The first-order valence-electron chi connectivity index (χ1n) is 6.29. The standard InChI is InChI=1S/C12H18N4O2S2/c1-13-4-2-5-16-9-12(8-14-16)20(17,18)15-7-11-3-6-19-10-11/h3,6,8-10,13,15H,2,4-5,7H2,1H3. The molecule has 0 saturated heterocycles. The van der Waals surface area contributed by atoms with Crippen molar-refractivity contribution in [3.05, 3.63) is 34.8 Å². The minimum Gasteiger partial charge on any atom is -0.320 e. The molecule has 0 bridgehead atoms. The molecule has 110 valence electrons. The van der Waals surface area contributed by atoms with E-state index in [1.54, 1.807) is 22.2 Å². The highest BCUT2D eigenvalue weighted by molar-refractivity contribution is 7.89. The van der Waals surface area contributed by atoms with Crippen molar-refractivity contribution in [3.8, 4) is 0 Å². The lowest BCUT2D eigenvalue weighted by atomic mass is 10.4. The van der Waals surface area contributed by atoms with Gasteiger partial charge in [-0.1, -0.05) is 0 Å². The first kappa shape index (κ1) is 15.2. The van der Waals surface area contributed by atoms with Gasteiger partial charge >= 0.3 is 0 Å². The van der Waals surface area contributed by atoms with Gasteiger partial charge in [-0.15, -0.1) is 0 Å². The molecule has 0 unspecified atom stereocenters. The molecular formula is C12H18N4O2S2. The highest BCUT2D eigenvalue weighted by Gasteiger charge is 2.16. The van der Waals surface area contributed by atoms with Gasteiger partial charge in [0, 0.05) is 19.3 Å². The summed E-state index contributed by atoms with van der Waals surface area (Å²) >= 11 is 1.54. The summed E-state index contributed by atoms with van der Waals surface area (Å²) in [4.78, 5) is 0.206. The van der Waals surface area contributed by atoms with Gasteiger partial charge in [0.15, 0.2) is 0 Å². The van der Waals surface area contributed by atoms with Crippen LogP contribution in [0.1, 0.15) is 12.0 Å². The van der Waals surface area contributed by atoms with Crippen LogP contribution in [0.5, 0.6) is 0 Å². The second-order valence-corrected chi connectivity index (χ2v) is 6.90. The van der Waals surface area contributed by atoms with Crippen molar-refractivity contribution in [1.29, 1.82) is 0 Å². The van der Waals surface area contributed by atoms with Gasteiger partial charge in [0.05, 0.1) is 6.20 Å². The number of hydrogen-bond donors (Lipinski definition) is 2. The SMILES string of the molecule is CNCCCn1cc(S(=O)(=O)NCc2ccsc2)cn1. The summed E-state index contributed by atoms with van der Waals surface area (Å²) in [6, 6.07) is 1.90. The molecule has 2 aromatic rings. The van der Waals surface area contributed by atoms with Crippen LogP contribution in [0.25, 0.3) is 0 Å². The van der Waals surface area contributed by atoms with Crippen molar-refractivity contribution in [2.75, 3.05) is 13.6 Å². The number of nitrogens with one attached hydrogen (secondary N) is 2. The maximum atomic E-state index is 12.1. The van der Waals surface area contributed by atoms with E-state index in [1.165, 1.54) is 6.20 Å². The molecule has 0 aliphatic heterocycles. The average Bonchev–Trinajstić information content (AvgIpc) is 3.08. The van der Waals surface area contributed by atoms with E-state index in [9.17, 15) is 8.42 Å². The molecule has 2 heterocycles. The van der Waals surface area contributed by atoms with Crippen molar-refractivity contribution in [2.24, 2.45) is 0 Å². The lowest BCUT2D eigenvalue weighted by molar-refractivity contribution is 0.560. The van der Waals surface area contributed by atoms with Crippen LogP contribution in [0.2, 0.25) is 0 Å². The fourth-order valence-electron chi connectivity index (χ4n) is 1.68. The van der Waals surface area contributed by atoms with Gasteiger partial charge in [-0.25, -0.2) is 13.1 Å². The number of aryl methyl sites for hydroxylation is 1. The zero-order valence-electron chi connectivity index (χ0n) is 11.2. The third kappa shape index (κ3) is 4.14. The molecule has 0 radical (unpaired) electrons. The minimum atomic E-state index is -3.49. The maximum absolute atomic E-state index is 12.1. The van der Waals surface area contributed by atoms with Crippen LogP contribution in [0.3, 0.4) is 0 Å². The molecule has 2 N–H and O–H groups in total. The second-order valence-electron chi connectivity index (χ2n) is 4.35. The summed E-state index contributed by atoms with van der Waals surface area (Å²) in [6.45, 7) is 1.87. The third-order valence-electron chi connectivity index (χ3n) is 2.78. The van der Waals surface area contributed by atoms with E-state index < -0.39 is 10.0 Å². The highest BCUT2D eigenvalue weighted by Crippen LogP contribution is 2.10. The molecule has 0 atom stereocenters. The molecule has 2 rings (SSSR count). The Morgan fingerprint density at radius 1 is 1.45 bits per heavy atom. The smallest absolute Gasteiger partial charge is 0.243 e. The Labute approximate surface area is 122 Å². The van der Waals surface area contributed by atoms with E-state index in [0.717, 1.165) is 18.5 Å². The number of hydrogen-bond acceptors (Lipinski definition) is 5. The van der Waals surface area contributed by atoms with Crippen LogP contribution < -0.4 is 10.0 Å². The lowest BCUT2D eigenvalue weighted by Gasteiger charge is -2.03. The molecule has 0 aliphatic carbocycles. The van der Waals surface area contributed by atoms with E-state index in [2.05, 4.69) is 15.1 Å². The molecular weight excluding hydrogens is 296 g/mol. The van der Waals surface area contributed by atoms with Crippen molar-refractivity contribution in [1.82, 2.24) is 19.8 Å². The normalized spacial score (nSPS) is 11.8. The Bertz CT molecular complexity index is 620. The monoisotopic (exact) mass is 314 g/mol. The van der Waals surface area contributed by atoms with E-state index in [0.29, 0.717) is 13.1 Å². The molecule has 0 amide bonds. The number of sulfonamides is 1. The summed E-state index contributed by atoms with van der Waals surface area (Å²) in [5, 5.41) is 11.0. The van der Waals surface area contributed by atoms with Crippen molar-refractivity contribution in [3.63, 3.8) is 0 Å². The first-order chi connectivity index (χ1) is 9.62. The van der Waals surface area contributed by atoms with Crippen LogP contribution in [-0.2, 0) is 23.1 Å². The number of nitrogens with zero attached hydrogens (tertiary/aromatic N) is 2. The minimum absolute atomic E-state index is 0.206. The summed E-state index contributed by atoms with van der Waals surface area (Å²) < 4.78 is 28.4.